The van der Waals surface area contributed by atoms with Gasteiger partial charge in [0.05, 0.1) is 19.3 Å². The Morgan fingerprint density at radius 3 is 2.21 bits per heavy atom. The molecule has 1 rings (SSSR count). The first-order valence-electron chi connectivity index (χ1n) is 4.86. The van der Waals surface area contributed by atoms with E-state index in [-0.39, 0.29) is 23.8 Å². The van der Waals surface area contributed by atoms with Gasteiger partial charge in [0.25, 0.3) is 0 Å². The van der Waals surface area contributed by atoms with Crippen LogP contribution >= 0.6 is 0 Å². The standard InChI is InChI=1S/C10H19NO3/c1-9(2,3)11(8(13)14-4)10(7-12)5-6-10/h12H,5-7H2,1-4H3. The van der Waals surface area contributed by atoms with E-state index in [9.17, 15) is 9.90 Å². The van der Waals surface area contributed by atoms with Crippen molar-refractivity contribution in [3.05, 3.63) is 0 Å². The predicted molar refractivity (Wildman–Crippen MR) is 53.0 cm³/mol. The molecule has 4 heteroatoms. The summed E-state index contributed by atoms with van der Waals surface area (Å²) in [6.07, 6.45) is 1.36. The molecule has 14 heavy (non-hydrogen) atoms. The first-order valence-corrected chi connectivity index (χ1v) is 4.86. The van der Waals surface area contributed by atoms with Crippen molar-refractivity contribution < 1.29 is 14.6 Å². The van der Waals surface area contributed by atoms with E-state index in [2.05, 4.69) is 0 Å². The Bertz CT molecular complexity index is 228. The van der Waals surface area contributed by atoms with E-state index >= 15 is 0 Å². The Kier molecular flexibility index (Phi) is 2.76. The topological polar surface area (TPSA) is 49.8 Å². The first-order chi connectivity index (χ1) is 6.37. The molecule has 0 heterocycles. The number of hydrogen-bond acceptors (Lipinski definition) is 3. The number of ether oxygens (including phenoxy) is 1. The van der Waals surface area contributed by atoms with E-state index in [0.29, 0.717) is 0 Å². The molecule has 0 atom stereocenters. The van der Waals surface area contributed by atoms with Gasteiger partial charge in [-0.05, 0) is 33.6 Å². The lowest BCUT2D eigenvalue weighted by molar-refractivity contribution is 0.0255. The summed E-state index contributed by atoms with van der Waals surface area (Å²) >= 11 is 0. The molecule has 82 valence electrons. The molecule has 1 saturated carbocycles. The maximum Gasteiger partial charge on any atom is 0.410 e. The van der Waals surface area contributed by atoms with Crippen LogP contribution in [0.4, 0.5) is 4.79 Å². The Balaban J connectivity index is 2.89. The minimum absolute atomic E-state index is 0.0133. The summed E-state index contributed by atoms with van der Waals surface area (Å²) in [5, 5.41) is 9.29. The summed E-state index contributed by atoms with van der Waals surface area (Å²) in [4.78, 5) is 13.2. The second-order valence-corrected chi connectivity index (χ2v) is 4.86. The average molecular weight is 201 g/mol. The number of aliphatic hydroxyl groups is 1. The third kappa shape index (κ3) is 1.85. The van der Waals surface area contributed by atoms with Crippen LogP contribution in [0.1, 0.15) is 33.6 Å². The molecule has 0 saturated heterocycles. The van der Waals surface area contributed by atoms with Gasteiger partial charge in [-0.2, -0.15) is 0 Å². The molecular formula is C10H19NO3. The molecule has 0 aromatic heterocycles. The Labute approximate surface area is 84.8 Å². The number of nitrogens with zero attached hydrogens (tertiary/aromatic N) is 1. The molecule has 0 spiro atoms. The van der Waals surface area contributed by atoms with Crippen LogP contribution in [0.25, 0.3) is 0 Å². The first kappa shape index (κ1) is 11.3. The largest absolute Gasteiger partial charge is 0.453 e. The predicted octanol–water partition coefficient (Wildman–Crippen LogP) is 1.38. The van der Waals surface area contributed by atoms with E-state index in [1.165, 1.54) is 7.11 Å². The lowest BCUT2D eigenvalue weighted by Crippen LogP contribution is -2.54. The smallest absolute Gasteiger partial charge is 0.410 e. The van der Waals surface area contributed by atoms with Crippen LogP contribution in [-0.2, 0) is 4.74 Å². The van der Waals surface area contributed by atoms with Gasteiger partial charge in [0, 0.05) is 5.54 Å². The third-order valence-electron chi connectivity index (χ3n) is 2.62. The zero-order chi connectivity index (χ0) is 11.0. The number of rotatable bonds is 2. The minimum Gasteiger partial charge on any atom is -0.453 e. The number of hydrogen-bond donors (Lipinski definition) is 1. The zero-order valence-electron chi connectivity index (χ0n) is 9.33. The van der Waals surface area contributed by atoms with Crippen molar-refractivity contribution in [2.24, 2.45) is 0 Å². The quantitative estimate of drug-likeness (QED) is 0.734. The molecule has 1 amide bonds. The second-order valence-electron chi connectivity index (χ2n) is 4.86. The maximum absolute atomic E-state index is 11.6. The van der Waals surface area contributed by atoms with Gasteiger partial charge in [0.1, 0.15) is 0 Å². The van der Waals surface area contributed by atoms with Crippen molar-refractivity contribution >= 4 is 6.09 Å². The van der Waals surface area contributed by atoms with E-state index < -0.39 is 0 Å². The van der Waals surface area contributed by atoms with Crippen molar-refractivity contribution in [1.29, 1.82) is 0 Å². The highest BCUT2D eigenvalue weighted by Gasteiger charge is 2.54. The molecule has 0 unspecified atom stereocenters. The van der Waals surface area contributed by atoms with Gasteiger partial charge in [0.2, 0.25) is 0 Å². The molecule has 0 bridgehead atoms. The second kappa shape index (κ2) is 3.42. The van der Waals surface area contributed by atoms with Gasteiger partial charge in [-0.1, -0.05) is 0 Å². The summed E-state index contributed by atoms with van der Waals surface area (Å²) in [5.74, 6) is 0. The molecule has 1 fully saturated rings. The zero-order valence-corrected chi connectivity index (χ0v) is 9.33. The molecule has 0 aromatic carbocycles. The van der Waals surface area contributed by atoms with Gasteiger partial charge in [-0.25, -0.2) is 4.79 Å². The van der Waals surface area contributed by atoms with Crippen LogP contribution in [0.15, 0.2) is 0 Å². The van der Waals surface area contributed by atoms with Gasteiger partial charge >= 0.3 is 6.09 Å². The molecule has 0 aliphatic heterocycles. The fourth-order valence-corrected chi connectivity index (χ4v) is 1.87. The summed E-state index contributed by atoms with van der Waals surface area (Å²) in [6, 6.07) is 0. The number of carbonyl (C=O) groups is 1. The minimum atomic E-state index is -0.370. The molecule has 4 nitrogen and oxygen atoms in total. The molecular weight excluding hydrogens is 182 g/mol. The van der Waals surface area contributed by atoms with Crippen LogP contribution in [0.2, 0.25) is 0 Å². The van der Waals surface area contributed by atoms with Gasteiger partial charge in [-0.15, -0.1) is 0 Å². The molecule has 1 aliphatic carbocycles. The van der Waals surface area contributed by atoms with Gasteiger partial charge < -0.3 is 9.84 Å². The van der Waals surface area contributed by atoms with Crippen molar-refractivity contribution in [2.45, 2.75) is 44.7 Å². The van der Waals surface area contributed by atoms with Crippen molar-refractivity contribution in [3.63, 3.8) is 0 Å². The van der Waals surface area contributed by atoms with Crippen molar-refractivity contribution in [2.75, 3.05) is 13.7 Å². The number of methoxy groups -OCH3 is 1. The van der Waals surface area contributed by atoms with Gasteiger partial charge in [-0.3, -0.25) is 4.90 Å². The normalized spacial score (nSPS) is 18.9. The number of aliphatic hydroxyl groups excluding tert-OH is 1. The average Bonchev–Trinajstić information content (AvgIpc) is 2.83. The molecule has 1 aliphatic rings. The maximum atomic E-state index is 11.6. The Hall–Kier alpha value is -0.770. The molecule has 0 radical (unpaired) electrons. The molecule has 0 aromatic rings. The van der Waals surface area contributed by atoms with Crippen LogP contribution in [0.5, 0.6) is 0 Å². The number of carbonyl (C=O) groups excluding carboxylic acids is 1. The van der Waals surface area contributed by atoms with E-state index in [1.54, 1.807) is 4.90 Å². The van der Waals surface area contributed by atoms with Crippen LogP contribution in [0.3, 0.4) is 0 Å². The SMILES string of the molecule is COC(=O)N(C(C)(C)C)C1(CO)CC1. The summed E-state index contributed by atoms with van der Waals surface area (Å²) < 4.78 is 4.74. The highest BCUT2D eigenvalue weighted by molar-refractivity contribution is 5.70. The summed E-state index contributed by atoms with van der Waals surface area (Å²) in [7, 11) is 1.37. The Morgan fingerprint density at radius 1 is 1.50 bits per heavy atom. The summed E-state index contributed by atoms with van der Waals surface area (Å²) in [5.41, 5.74) is -0.683. The third-order valence-corrected chi connectivity index (χ3v) is 2.62. The molecule has 1 N–H and O–H groups in total. The van der Waals surface area contributed by atoms with Crippen molar-refractivity contribution in [1.82, 2.24) is 4.90 Å². The highest BCUT2D eigenvalue weighted by atomic mass is 16.5. The highest BCUT2D eigenvalue weighted by Crippen LogP contribution is 2.45. The van der Waals surface area contributed by atoms with Crippen molar-refractivity contribution in [3.8, 4) is 0 Å². The summed E-state index contributed by atoms with van der Waals surface area (Å²) in [6.45, 7) is 5.85. The van der Waals surface area contributed by atoms with E-state index in [0.717, 1.165) is 12.8 Å². The fraction of sp³-hybridized carbons (Fsp3) is 0.900. The number of amides is 1. The van der Waals surface area contributed by atoms with E-state index in [4.69, 9.17) is 4.74 Å². The lowest BCUT2D eigenvalue weighted by atomic mass is 10.0. The fourth-order valence-electron chi connectivity index (χ4n) is 1.87. The van der Waals surface area contributed by atoms with E-state index in [1.807, 2.05) is 20.8 Å². The monoisotopic (exact) mass is 201 g/mol. The lowest BCUT2D eigenvalue weighted by Gasteiger charge is -2.40. The van der Waals surface area contributed by atoms with Gasteiger partial charge in [0.15, 0.2) is 0 Å². The van der Waals surface area contributed by atoms with Crippen LogP contribution < -0.4 is 0 Å². The Morgan fingerprint density at radius 2 is 2.00 bits per heavy atom. The van der Waals surface area contributed by atoms with Crippen LogP contribution in [0, 0.1) is 0 Å². The van der Waals surface area contributed by atoms with Crippen LogP contribution in [-0.4, -0.2) is 40.9 Å².